The molecule has 0 aliphatic rings. The molecular weight excluding hydrogens is 262 g/mol. The summed E-state index contributed by atoms with van der Waals surface area (Å²) in [6.45, 7) is 4.28. The molecule has 0 fully saturated rings. The van der Waals surface area contributed by atoms with Gasteiger partial charge in [0.2, 0.25) is 0 Å². The minimum absolute atomic E-state index is 0.124. The van der Waals surface area contributed by atoms with Crippen molar-refractivity contribution in [3.8, 4) is 11.3 Å². The fourth-order valence-corrected chi connectivity index (χ4v) is 2.61. The first-order valence-electron chi connectivity index (χ1n) is 5.94. The van der Waals surface area contributed by atoms with Crippen LogP contribution in [0.25, 0.3) is 11.3 Å². The van der Waals surface area contributed by atoms with Gasteiger partial charge in [0.05, 0.1) is 15.6 Å². The highest BCUT2D eigenvalue weighted by Gasteiger charge is 2.14. The average Bonchev–Trinajstić information content (AvgIpc) is 2.87. The number of hydrogen-bond acceptors (Lipinski definition) is 5. The molecule has 0 radical (unpaired) electrons. The van der Waals surface area contributed by atoms with Gasteiger partial charge in [-0.3, -0.25) is 10.1 Å². The largest absolute Gasteiger partial charge is 0.330 e. The number of nitrogens with zero attached hydrogens (tertiary/aromatic N) is 2. The summed E-state index contributed by atoms with van der Waals surface area (Å²) in [5, 5.41) is 13.8. The Balaban J connectivity index is 2.39. The van der Waals surface area contributed by atoms with Crippen molar-refractivity contribution in [3.63, 3.8) is 0 Å². The molecule has 0 amide bonds. The lowest BCUT2D eigenvalue weighted by Gasteiger charge is -2.03. The van der Waals surface area contributed by atoms with Gasteiger partial charge in [-0.25, -0.2) is 4.98 Å². The number of nitro groups is 1. The molecule has 0 spiro atoms. The summed E-state index contributed by atoms with van der Waals surface area (Å²) in [4.78, 5) is 15.1. The van der Waals surface area contributed by atoms with Crippen molar-refractivity contribution in [3.05, 3.63) is 44.3 Å². The topological polar surface area (TPSA) is 82.0 Å². The third-order valence-electron chi connectivity index (χ3n) is 3.00. The Labute approximate surface area is 115 Å². The van der Waals surface area contributed by atoms with Crippen LogP contribution in [0.15, 0.2) is 23.6 Å². The van der Waals surface area contributed by atoms with Gasteiger partial charge in [0, 0.05) is 35.0 Å². The number of aromatic nitrogens is 1. The van der Waals surface area contributed by atoms with Crippen molar-refractivity contribution in [2.45, 2.75) is 19.8 Å². The van der Waals surface area contributed by atoms with Gasteiger partial charge in [-0.1, -0.05) is 19.1 Å². The van der Waals surface area contributed by atoms with E-state index in [0.29, 0.717) is 12.1 Å². The minimum atomic E-state index is -0.366. The Bertz CT molecular complexity index is 610. The fourth-order valence-electron chi connectivity index (χ4n) is 1.71. The molecule has 100 valence electrons. The maximum Gasteiger partial charge on any atom is 0.272 e. The van der Waals surface area contributed by atoms with Crippen LogP contribution in [-0.4, -0.2) is 16.5 Å². The Hall–Kier alpha value is -1.79. The molecular formula is C13H15N3O2S. The van der Waals surface area contributed by atoms with Gasteiger partial charge in [0.1, 0.15) is 0 Å². The Morgan fingerprint density at radius 3 is 2.89 bits per heavy atom. The molecule has 0 aliphatic carbocycles. The molecule has 5 nitrogen and oxygen atoms in total. The number of benzene rings is 1. The third-order valence-corrected chi connectivity index (χ3v) is 4.07. The van der Waals surface area contributed by atoms with E-state index in [1.807, 2.05) is 18.4 Å². The smallest absolute Gasteiger partial charge is 0.272 e. The first kappa shape index (κ1) is 13.6. The second-order valence-electron chi connectivity index (χ2n) is 4.47. The van der Waals surface area contributed by atoms with E-state index in [2.05, 4.69) is 4.98 Å². The van der Waals surface area contributed by atoms with Gasteiger partial charge >= 0.3 is 0 Å². The van der Waals surface area contributed by atoms with Crippen LogP contribution < -0.4 is 5.73 Å². The second kappa shape index (κ2) is 5.46. The van der Waals surface area contributed by atoms with Crippen LogP contribution in [0.3, 0.4) is 0 Å². The zero-order chi connectivity index (χ0) is 14.0. The van der Waals surface area contributed by atoms with E-state index in [0.717, 1.165) is 16.3 Å². The number of aryl methyl sites for hydroxylation is 1. The van der Waals surface area contributed by atoms with Crippen molar-refractivity contribution in [1.82, 2.24) is 4.98 Å². The standard InChI is InChI=1S/C13H15N3O2S/c1-8-3-4-10(5-12(8)16(17)18)11-7-19-13(15-11)9(2)6-14/h3-5,7,9H,6,14H2,1-2H3. The molecule has 0 bridgehead atoms. The number of rotatable bonds is 4. The summed E-state index contributed by atoms with van der Waals surface area (Å²) in [5.74, 6) is 0.208. The van der Waals surface area contributed by atoms with Gasteiger partial charge in [0.15, 0.2) is 0 Å². The molecule has 2 rings (SSSR count). The van der Waals surface area contributed by atoms with E-state index in [9.17, 15) is 10.1 Å². The maximum atomic E-state index is 10.9. The van der Waals surface area contributed by atoms with Gasteiger partial charge in [-0.05, 0) is 6.92 Å². The number of nitrogens with two attached hydrogens (primary N) is 1. The zero-order valence-electron chi connectivity index (χ0n) is 10.8. The molecule has 0 saturated carbocycles. The lowest BCUT2D eigenvalue weighted by molar-refractivity contribution is -0.385. The molecule has 1 unspecified atom stereocenters. The van der Waals surface area contributed by atoms with Crippen molar-refractivity contribution < 1.29 is 4.92 Å². The molecule has 1 atom stereocenters. The molecule has 0 saturated heterocycles. The van der Waals surface area contributed by atoms with Crippen LogP contribution in [0.1, 0.15) is 23.4 Å². The SMILES string of the molecule is Cc1ccc(-c2csc(C(C)CN)n2)cc1[N+](=O)[O-]. The predicted molar refractivity (Wildman–Crippen MR) is 76.4 cm³/mol. The van der Waals surface area contributed by atoms with E-state index in [-0.39, 0.29) is 16.5 Å². The minimum Gasteiger partial charge on any atom is -0.330 e. The predicted octanol–water partition coefficient (Wildman–Crippen LogP) is 3.09. The summed E-state index contributed by atoms with van der Waals surface area (Å²) < 4.78 is 0. The second-order valence-corrected chi connectivity index (χ2v) is 5.36. The molecule has 6 heteroatoms. The van der Waals surface area contributed by atoms with E-state index < -0.39 is 0 Å². The molecule has 0 aliphatic heterocycles. The zero-order valence-corrected chi connectivity index (χ0v) is 11.6. The van der Waals surface area contributed by atoms with Crippen molar-refractivity contribution in [2.24, 2.45) is 5.73 Å². The summed E-state index contributed by atoms with van der Waals surface area (Å²) in [6.07, 6.45) is 0. The quantitative estimate of drug-likeness (QED) is 0.687. The monoisotopic (exact) mass is 277 g/mol. The van der Waals surface area contributed by atoms with Gasteiger partial charge in [-0.15, -0.1) is 11.3 Å². The highest BCUT2D eigenvalue weighted by Crippen LogP contribution is 2.29. The Morgan fingerprint density at radius 1 is 1.53 bits per heavy atom. The molecule has 2 N–H and O–H groups in total. The van der Waals surface area contributed by atoms with Crippen LogP contribution in [0.2, 0.25) is 0 Å². The molecule has 19 heavy (non-hydrogen) atoms. The lowest BCUT2D eigenvalue weighted by atomic mass is 10.1. The summed E-state index contributed by atoms with van der Waals surface area (Å²) in [6, 6.07) is 5.18. The van der Waals surface area contributed by atoms with Crippen molar-refractivity contribution in [1.29, 1.82) is 0 Å². The number of hydrogen-bond donors (Lipinski definition) is 1. The fraction of sp³-hybridized carbons (Fsp3) is 0.308. The van der Waals surface area contributed by atoms with Gasteiger partial charge < -0.3 is 5.73 Å². The van der Waals surface area contributed by atoms with Crippen molar-refractivity contribution in [2.75, 3.05) is 6.54 Å². The van der Waals surface area contributed by atoms with Crippen LogP contribution in [0, 0.1) is 17.0 Å². The van der Waals surface area contributed by atoms with Crippen molar-refractivity contribution >= 4 is 17.0 Å². The van der Waals surface area contributed by atoms with Gasteiger partial charge in [-0.2, -0.15) is 0 Å². The van der Waals surface area contributed by atoms with Crippen LogP contribution >= 0.6 is 11.3 Å². The number of thiazole rings is 1. The normalized spacial score (nSPS) is 12.4. The maximum absolute atomic E-state index is 10.9. The van der Waals surface area contributed by atoms with Gasteiger partial charge in [0.25, 0.3) is 5.69 Å². The summed E-state index contributed by atoms with van der Waals surface area (Å²) >= 11 is 1.53. The highest BCUT2D eigenvalue weighted by molar-refractivity contribution is 7.10. The van der Waals surface area contributed by atoms with E-state index in [1.54, 1.807) is 19.1 Å². The number of nitro benzene ring substituents is 1. The summed E-state index contributed by atoms with van der Waals surface area (Å²) in [7, 11) is 0. The molecule has 2 aromatic rings. The summed E-state index contributed by atoms with van der Waals surface area (Å²) in [5.41, 5.74) is 7.92. The van der Waals surface area contributed by atoms with Crippen LogP contribution in [0.4, 0.5) is 5.69 Å². The lowest BCUT2D eigenvalue weighted by Crippen LogP contribution is -2.08. The first-order valence-corrected chi connectivity index (χ1v) is 6.81. The molecule has 1 aromatic carbocycles. The Morgan fingerprint density at radius 2 is 2.26 bits per heavy atom. The Kier molecular flexibility index (Phi) is 3.92. The third kappa shape index (κ3) is 2.80. The van der Waals surface area contributed by atoms with E-state index in [4.69, 9.17) is 5.73 Å². The highest BCUT2D eigenvalue weighted by atomic mass is 32.1. The van der Waals surface area contributed by atoms with Crippen LogP contribution in [-0.2, 0) is 0 Å². The molecule has 1 aromatic heterocycles. The van der Waals surface area contributed by atoms with E-state index >= 15 is 0 Å². The molecule has 1 heterocycles. The first-order chi connectivity index (χ1) is 9.02. The van der Waals surface area contributed by atoms with Crippen LogP contribution in [0.5, 0.6) is 0 Å². The van der Waals surface area contributed by atoms with E-state index in [1.165, 1.54) is 11.3 Å². The average molecular weight is 277 g/mol.